The van der Waals surface area contributed by atoms with Crippen LogP contribution >= 0.6 is 0 Å². The molecule has 1 nitrogen and oxygen atoms in total. The van der Waals surface area contributed by atoms with E-state index in [1.807, 2.05) is 0 Å². The minimum Gasteiger partial charge on any atom is -0.446 e. The Kier molecular flexibility index (Phi) is 5.20. The first-order valence-electron chi connectivity index (χ1n) is 3.80. The van der Waals surface area contributed by atoms with Gasteiger partial charge in [-0.15, -0.1) is 18.2 Å². The maximum Gasteiger partial charge on any atom is 0.404 e. The summed E-state index contributed by atoms with van der Waals surface area (Å²) in [6.45, 7) is 3.40. The average molecular weight is 295 g/mol. The van der Waals surface area contributed by atoms with Crippen molar-refractivity contribution in [2.24, 2.45) is 0 Å². The number of hydrogen-bond acceptors (Lipinski definition) is 1. The third kappa shape index (κ3) is 4.47. The minimum atomic E-state index is -4.39. The molecule has 81 valence electrons. The second-order valence-corrected chi connectivity index (χ2v) is 2.94. The zero-order valence-electron chi connectivity index (χ0n) is 8.03. The summed E-state index contributed by atoms with van der Waals surface area (Å²) in [7, 11) is 0. The normalized spacial score (nSPS) is 16.9. The van der Waals surface area contributed by atoms with Crippen molar-refractivity contribution < 1.29 is 50.3 Å². The molecule has 0 atom stereocenters. The van der Waals surface area contributed by atoms with Gasteiger partial charge in [-0.05, 0) is 5.70 Å². The van der Waals surface area contributed by atoms with Crippen LogP contribution in [0.15, 0.2) is 29.8 Å². The smallest absolute Gasteiger partial charge is 0.404 e. The van der Waals surface area contributed by atoms with Crippen molar-refractivity contribution in [2.45, 2.75) is 13.1 Å². The Bertz CT molecular complexity index is 317. The van der Waals surface area contributed by atoms with Gasteiger partial charge < -0.3 is 4.90 Å². The molecular formula is C9H8F4NY-. The predicted octanol–water partition coefficient (Wildman–Crippen LogP) is 2.94. The molecule has 0 bridgehead atoms. The molecule has 0 N–H and O–H groups in total. The van der Waals surface area contributed by atoms with E-state index in [9.17, 15) is 17.6 Å². The topological polar surface area (TPSA) is 3.24 Å². The predicted molar refractivity (Wildman–Crippen MR) is 43.5 cm³/mol. The molecule has 0 unspecified atom stereocenters. The molecule has 1 radical (unpaired) electrons. The van der Waals surface area contributed by atoms with E-state index in [4.69, 9.17) is 0 Å². The van der Waals surface area contributed by atoms with Crippen molar-refractivity contribution in [2.75, 3.05) is 6.54 Å². The van der Waals surface area contributed by atoms with E-state index >= 15 is 0 Å². The quantitative estimate of drug-likeness (QED) is 0.531. The van der Waals surface area contributed by atoms with Crippen molar-refractivity contribution in [3.8, 4) is 0 Å². The van der Waals surface area contributed by atoms with Gasteiger partial charge in [0.05, 0.1) is 6.54 Å². The fourth-order valence-corrected chi connectivity index (χ4v) is 1.03. The Labute approximate surface area is 110 Å². The summed E-state index contributed by atoms with van der Waals surface area (Å²) in [5.74, 6) is -0.759. The zero-order valence-corrected chi connectivity index (χ0v) is 10.9. The van der Waals surface area contributed by atoms with E-state index in [0.717, 1.165) is 6.08 Å². The molecule has 15 heavy (non-hydrogen) atoms. The Balaban J connectivity index is 0.00000196. The first kappa shape index (κ1) is 14.8. The second kappa shape index (κ2) is 5.26. The maximum atomic E-state index is 12.9. The molecule has 0 saturated heterocycles. The van der Waals surface area contributed by atoms with Crippen molar-refractivity contribution in [3.63, 3.8) is 0 Å². The fourth-order valence-electron chi connectivity index (χ4n) is 1.03. The molecule has 0 aromatic carbocycles. The molecule has 0 aliphatic carbocycles. The molecule has 6 heteroatoms. The van der Waals surface area contributed by atoms with Crippen LogP contribution in [-0.2, 0) is 32.7 Å². The Morgan fingerprint density at radius 3 is 2.47 bits per heavy atom. The first-order chi connectivity index (χ1) is 6.29. The summed E-state index contributed by atoms with van der Waals surface area (Å²) < 4.78 is 48.9. The van der Waals surface area contributed by atoms with Gasteiger partial charge in [0, 0.05) is 38.5 Å². The van der Waals surface area contributed by atoms with Crippen LogP contribution < -0.4 is 0 Å². The van der Waals surface area contributed by atoms with Gasteiger partial charge in [0.1, 0.15) is 0 Å². The zero-order chi connectivity index (χ0) is 10.9. The van der Waals surface area contributed by atoms with Crippen LogP contribution in [0.25, 0.3) is 0 Å². The summed E-state index contributed by atoms with van der Waals surface area (Å²) in [6, 6.07) is 0. The van der Waals surface area contributed by atoms with E-state index in [2.05, 4.69) is 12.8 Å². The van der Waals surface area contributed by atoms with Crippen molar-refractivity contribution >= 4 is 0 Å². The largest absolute Gasteiger partial charge is 0.446 e. The summed E-state index contributed by atoms with van der Waals surface area (Å²) in [5, 5.41) is 0. The van der Waals surface area contributed by atoms with Crippen LogP contribution in [0.5, 0.6) is 0 Å². The molecule has 1 rings (SSSR count). The van der Waals surface area contributed by atoms with Gasteiger partial charge in [-0.1, -0.05) is 13.1 Å². The van der Waals surface area contributed by atoms with E-state index in [1.165, 1.54) is 6.92 Å². The summed E-state index contributed by atoms with van der Waals surface area (Å²) in [6.07, 6.45) is -0.935. The van der Waals surface area contributed by atoms with Crippen molar-refractivity contribution in [1.29, 1.82) is 0 Å². The molecule has 0 amide bonds. The minimum absolute atomic E-state index is 0. The molecule has 1 aliphatic rings. The number of hydrogen-bond donors (Lipinski definition) is 0. The van der Waals surface area contributed by atoms with Crippen LogP contribution in [0, 0.1) is 6.20 Å². The molecule has 0 fully saturated rings. The molecular weight excluding hydrogens is 287 g/mol. The van der Waals surface area contributed by atoms with Crippen molar-refractivity contribution in [3.05, 3.63) is 36.0 Å². The third-order valence-corrected chi connectivity index (χ3v) is 1.59. The van der Waals surface area contributed by atoms with Gasteiger partial charge in [-0.25, -0.2) is 4.39 Å². The Morgan fingerprint density at radius 2 is 2.00 bits per heavy atom. The van der Waals surface area contributed by atoms with Crippen LogP contribution in [-0.4, -0.2) is 17.6 Å². The Morgan fingerprint density at radius 1 is 1.47 bits per heavy atom. The molecule has 1 heterocycles. The van der Waals surface area contributed by atoms with Gasteiger partial charge in [0.25, 0.3) is 0 Å². The summed E-state index contributed by atoms with van der Waals surface area (Å²) in [5.41, 5.74) is -0.00734. The van der Waals surface area contributed by atoms with E-state index in [-0.39, 0.29) is 38.4 Å². The average Bonchev–Trinajstić information content (AvgIpc) is 1.96. The molecule has 0 spiro atoms. The molecule has 0 saturated carbocycles. The van der Waals surface area contributed by atoms with Gasteiger partial charge in [0.15, 0.2) is 0 Å². The van der Waals surface area contributed by atoms with Gasteiger partial charge in [-0.3, -0.25) is 0 Å². The third-order valence-electron chi connectivity index (χ3n) is 1.59. The Hall–Kier alpha value is -0.156. The number of halogens is 4. The van der Waals surface area contributed by atoms with Crippen LogP contribution in [0.2, 0.25) is 0 Å². The molecule has 1 aliphatic heterocycles. The monoisotopic (exact) mass is 295 g/mol. The van der Waals surface area contributed by atoms with Crippen LogP contribution in [0.3, 0.4) is 0 Å². The van der Waals surface area contributed by atoms with Crippen LogP contribution in [0.4, 0.5) is 17.6 Å². The van der Waals surface area contributed by atoms with E-state index in [1.54, 1.807) is 0 Å². The molecule has 0 aromatic rings. The van der Waals surface area contributed by atoms with Gasteiger partial charge in [0.2, 0.25) is 0 Å². The standard InChI is InChI=1S/C9H8F4N.Y/c1-6-3-8(10)7(2)14(4-6)5-9(11,12)13;/h3H,2,5H2,1H3;/q-1;. The van der Waals surface area contributed by atoms with Crippen molar-refractivity contribution in [1.82, 2.24) is 4.90 Å². The van der Waals surface area contributed by atoms with E-state index in [0.29, 0.717) is 10.5 Å². The first-order valence-corrected chi connectivity index (χ1v) is 3.80. The number of nitrogens with zero attached hydrogens (tertiary/aromatic N) is 1. The summed E-state index contributed by atoms with van der Waals surface area (Å²) in [4.78, 5) is 0.630. The number of alkyl halides is 3. The second-order valence-electron chi connectivity index (χ2n) is 2.94. The van der Waals surface area contributed by atoms with Gasteiger partial charge >= 0.3 is 6.18 Å². The number of rotatable bonds is 1. The van der Waals surface area contributed by atoms with E-state index < -0.39 is 18.5 Å². The van der Waals surface area contributed by atoms with Crippen LogP contribution in [0.1, 0.15) is 6.92 Å². The fraction of sp³-hybridized carbons (Fsp3) is 0.333. The molecule has 0 aromatic heterocycles. The maximum absolute atomic E-state index is 12.9. The van der Waals surface area contributed by atoms with Gasteiger partial charge in [-0.2, -0.15) is 13.2 Å². The SMILES string of the molecule is C=C1C(F)=CC(C)=[C-]N1CC(F)(F)F.[Y]. The summed E-state index contributed by atoms with van der Waals surface area (Å²) >= 11 is 0. The number of allylic oxidation sites excluding steroid dienone is 3.